The van der Waals surface area contributed by atoms with E-state index in [9.17, 15) is 4.79 Å². The van der Waals surface area contributed by atoms with E-state index in [4.69, 9.17) is 0 Å². The molecule has 0 spiro atoms. The number of nitrogens with one attached hydrogen (secondary N) is 2. The molecule has 7 heteroatoms. The van der Waals surface area contributed by atoms with Crippen LogP contribution in [-0.4, -0.2) is 45.6 Å². The van der Waals surface area contributed by atoms with Crippen molar-refractivity contribution >= 4 is 22.4 Å². The third kappa shape index (κ3) is 3.52. The summed E-state index contributed by atoms with van der Waals surface area (Å²) < 4.78 is 0. The number of nitrogens with zero attached hydrogens (tertiary/aromatic N) is 3. The highest BCUT2D eigenvalue weighted by atomic mass is 32.1. The van der Waals surface area contributed by atoms with Crippen LogP contribution < -0.4 is 5.32 Å². The summed E-state index contributed by atoms with van der Waals surface area (Å²) >= 11 is 1.65. The maximum Gasteiger partial charge on any atom is 0.240 e. The molecule has 2 N–H and O–H groups in total. The number of fused-ring (bicyclic) bond motifs is 1. The zero-order valence-corrected chi connectivity index (χ0v) is 14.6. The molecular formula is C17H23N5OS. The molecule has 0 unspecified atom stereocenters. The minimum atomic E-state index is 0.0476. The molecule has 2 aliphatic rings. The number of aromatic amines is 1. The van der Waals surface area contributed by atoms with Gasteiger partial charge in [-0.15, -0.1) is 11.3 Å². The van der Waals surface area contributed by atoms with Crippen molar-refractivity contribution in [2.75, 3.05) is 25.0 Å². The van der Waals surface area contributed by atoms with Crippen molar-refractivity contribution in [2.24, 2.45) is 0 Å². The van der Waals surface area contributed by atoms with E-state index in [1.807, 2.05) is 6.07 Å². The number of hydrogen-bond donors (Lipinski definition) is 2. The van der Waals surface area contributed by atoms with Crippen molar-refractivity contribution < 1.29 is 4.79 Å². The monoisotopic (exact) mass is 345 g/mol. The smallest absolute Gasteiger partial charge is 0.240 e. The highest BCUT2D eigenvalue weighted by Crippen LogP contribution is 2.29. The summed E-state index contributed by atoms with van der Waals surface area (Å²) in [7, 11) is 0. The third-order valence-corrected chi connectivity index (χ3v) is 6.00. The lowest BCUT2D eigenvalue weighted by Crippen LogP contribution is -2.39. The molecule has 0 saturated carbocycles. The Bertz CT molecular complexity index is 672. The van der Waals surface area contributed by atoms with Crippen LogP contribution in [0.1, 0.15) is 47.9 Å². The quantitative estimate of drug-likeness (QED) is 0.893. The third-order valence-electron chi connectivity index (χ3n) is 4.93. The zero-order chi connectivity index (χ0) is 16.4. The van der Waals surface area contributed by atoms with Gasteiger partial charge in [-0.2, -0.15) is 5.10 Å². The van der Waals surface area contributed by atoms with Crippen LogP contribution in [0.5, 0.6) is 0 Å². The number of carbonyl (C=O) groups is 1. The molecule has 1 saturated heterocycles. The average Bonchev–Trinajstić information content (AvgIpc) is 3.24. The van der Waals surface area contributed by atoms with E-state index >= 15 is 0 Å². The summed E-state index contributed by atoms with van der Waals surface area (Å²) in [6.45, 7) is 2.32. The topological polar surface area (TPSA) is 73.9 Å². The lowest BCUT2D eigenvalue weighted by molar-refractivity contribution is -0.117. The Morgan fingerprint density at radius 3 is 3.12 bits per heavy atom. The molecule has 0 aromatic carbocycles. The van der Waals surface area contributed by atoms with Gasteiger partial charge in [0.15, 0.2) is 5.13 Å². The number of aromatic nitrogens is 3. The number of carbonyl (C=O) groups excluding carboxylic acids is 1. The van der Waals surface area contributed by atoms with Crippen LogP contribution >= 0.6 is 11.3 Å². The van der Waals surface area contributed by atoms with Crippen LogP contribution in [0, 0.1) is 0 Å². The number of likely N-dealkylation sites (tertiary alicyclic amines) is 1. The van der Waals surface area contributed by atoms with Gasteiger partial charge in [0.1, 0.15) is 0 Å². The molecule has 0 bridgehead atoms. The zero-order valence-electron chi connectivity index (χ0n) is 13.8. The van der Waals surface area contributed by atoms with E-state index in [0.717, 1.165) is 43.9 Å². The summed E-state index contributed by atoms with van der Waals surface area (Å²) in [4.78, 5) is 20.6. The van der Waals surface area contributed by atoms with E-state index in [1.54, 1.807) is 17.5 Å². The van der Waals surface area contributed by atoms with Crippen LogP contribution in [0.2, 0.25) is 0 Å². The van der Waals surface area contributed by atoms with E-state index in [1.165, 1.54) is 29.1 Å². The Kier molecular flexibility index (Phi) is 4.62. The van der Waals surface area contributed by atoms with Gasteiger partial charge in [-0.25, -0.2) is 4.98 Å². The van der Waals surface area contributed by atoms with E-state index in [0.29, 0.717) is 12.5 Å². The SMILES string of the molecule is O=C(CN1CCC[C@H](c2ccn[nH]2)C1)Nc1nc2c(s1)CCCC2. The van der Waals surface area contributed by atoms with Crippen molar-refractivity contribution in [3.05, 3.63) is 28.5 Å². The standard InChI is InChI=1S/C17H23N5OS/c23-16(20-17-19-14-5-1-2-6-15(14)24-17)11-22-9-3-4-12(10-22)13-7-8-18-21-13/h7-8,12H,1-6,9-11H2,(H,18,21)(H,19,20,23)/t12-/m0/s1. The minimum Gasteiger partial charge on any atom is -0.301 e. The van der Waals surface area contributed by atoms with Crippen LogP contribution in [-0.2, 0) is 17.6 Å². The molecule has 1 atom stereocenters. The average molecular weight is 345 g/mol. The van der Waals surface area contributed by atoms with E-state index < -0.39 is 0 Å². The van der Waals surface area contributed by atoms with Crippen LogP contribution in [0.4, 0.5) is 5.13 Å². The number of rotatable bonds is 4. The first-order valence-electron chi connectivity index (χ1n) is 8.78. The highest BCUT2D eigenvalue weighted by molar-refractivity contribution is 7.15. The second-order valence-corrected chi connectivity index (χ2v) is 7.81. The van der Waals surface area contributed by atoms with Crippen molar-refractivity contribution in [3.8, 4) is 0 Å². The molecule has 4 rings (SSSR count). The van der Waals surface area contributed by atoms with Gasteiger partial charge in [0.2, 0.25) is 5.91 Å². The fraction of sp³-hybridized carbons (Fsp3) is 0.588. The Balaban J connectivity index is 1.33. The normalized spacial score (nSPS) is 21.4. The Morgan fingerprint density at radius 2 is 2.29 bits per heavy atom. The summed E-state index contributed by atoms with van der Waals surface area (Å²) in [6.07, 6.45) is 8.69. The number of piperidine rings is 1. The fourth-order valence-electron chi connectivity index (χ4n) is 3.71. The number of aryl methyl sites for hydroxylation is 2. The molecule has 1 aliphatic heterocycles. The largest absolute Gasteiger partial charge is 0.301 e. The lowest BCUT2D eigenvalue weighted by Gasteiger charge is -2.31. The van der Waals surface area contributed by atoms with Gasteiger partial charge in [-0.3, -0.25) is 14.8 Å². The van der Waals surface area contributed by atoms with Crippen LogP contribution in [0.15, 0.2) is 12.3 Å². The van der Waals surface area contributed by atoms with Crippen LogP contribution in [0.25, 0.3) is 0 Å². The van der Waals surface area contributed by atoms with Gasteiger partial charge in [0.05, 0.1) is 12.2 Å². The maximum absolute atomic E-state index is 12.4. The molecule has 3 heterocycles. The molecule has 1 amide bonds. The van der Waals surface area contributed by atoms with Gasteiger partial charge < -0.3 is 5.32 Å². The summed E-state index contributed by atoms with van der Waals surface area (Å²) in [5, 5.41) is 10.9. The number of H-pyrrole nitrogens is 1. The highest BCUT2D eigenvalue weighted by Gasteiger charge is 2.24. The van der Waals surface area contributed by atoms with Gasteiger partial charge in [-0.1, -0.05) is 0 Å². The minimum absolute atomic E-state index is 0.0476. The summed E-state index contributed by atoms with van der Waals surface area (Å²) in [6, 6.07) is 2.04. The van der Waals surface area contributed by atoms with E-state index in [-0.39, 0.29) is 5.91 Å². The number of amides is 1. The number of thiazole rings is 1. The predicted molar refractivity (Wildman–Crippen MR) is 94.4 cm³/mol. The van der Waals surface area contributed by atoms with Gasteiger partial charge >= 0.3 is 0 Å². The molecule has 2 aromatic heterocycles. The Hall–Kier alpha value is -1.73. The molecule has 1 fully saturated rings. The molecule has 0 radical (unpaired) electrons. The molecule has 2 aromatic rings. The van der Waals surface area contributed by atoms with Gasteiger partial charge in [-0.05, 0) is 51.1 Å². The van der Waals surface area contributed by atoms with Crippen molar-refractivity contribution in [3.63, 3.8) is 0 Å². The summed E-state index contributed by atoms with van der Waals surface area (Å²) in [5.74, 6) is 0.493. The molecular weight excluding hydrogens is 322 g/mol. The van der Waals surface area contributed by atoms with Gasteiger partial charge in [0.25, 0.3) is 0 Å². The van der Waals surface area contributed by atoms with Crippen molar-refractivity contribution in [1.29, 1.82) is 0 Å². The van der Waals surface area contributed by atoms with Crippen molar-refractivity contribution in [2.45, 2.75) is 44.4 Å². The number of hydrogen-bond acceptors (Lipinski definition) is 5. The second-order valence-electron chi connectivity index (χ2n) is 6.73. The first kappa shape index (κ1) is 15.8. The summed E-state index contributed by atoms with van der Waals surface area (Å²) in [5.41, 5.74) is 2.37. The molecule has 1 aliphatic carbocycles. The maximum atomic E-state index is 12.4. The van der Waals surface area contributed by atoms with E-state index in [2.05, 4.69) is 25.4 Å². The Labute approximate surface area is 145 Å². The first-order chi connectivity index (χ1) is 11.8. The molecule has 128 valence electrons. The predicted octanol–water partition coefficient (Wildman–Crippen LogP) is 2.56. The van der Waals surface area contributed by atoms with Gasteiger partial charge in [0, 0.05) is 29.2 Å². The van der Waals surface area contributed by atoms with Crippen LogP contribution in [0.3, 0.4) is 0 Å². The molecule has 6 nitrogen and oxygen atoms in total. The Morgan fingerprint density at radius 1 is 1.38 bits per heavy atom. The second kappa shape index (κ2) is 7.03. The first-order valence-corrected chi connectivity index (χ1v) is 9.59. The number of anilines is 1. The van der Waals surface area contributed by atoms with Crippen molar-refractivity contribution in [1.82, 2.24) is 20.1 Å². The lowest BCUT2D eigenvalue weighted by atomic mass is 9.95. The molecule has 24 heavy (non-hydrogen) atoms. The fourth-order valence-corrected chi connectivity index (χ4v) is 4.78.